The van der Waals surface area contributed by atoms with Crippen LogP contribution in [0, 0.1) is 5.82 Å². The van der Waals surface area contributed by atoms with Crippen molar-refractivity contribution >= 4 is 11.9 Å². The highest BCUT2D eigenvalue weighted by molar-refractivity contribution is 5.94. The number of carbonyl (C=O) groups is 2. The number of carboxylic acid groups (broad SMARTS) is 1. The second kappa shape index (κ2) is 7.67. The van der Waals surface area contributed by atoms with Crippen molar-refractivity contribution in [3.8, 4) is 0 Å². The van der Waals surface area contributed by atoms with Crippen LogP contribution in [0.3, 0.4) is 0 Å². The number of likely N-dealkylation sites (N-methyl/N-ethyl adjacent to an activating group) is 1. The number of aliphatic carboxylic acids is 1. The van der Waals surface area contributed by atoms with E-state index in [0.29, 0.717) is 12.1 Å². The van der Waals surface area contributed by atoms with Gasteiger partial charge in [0, 0.05) is 31.6 Å². The Morgan fingerprint density at radius 1 is 1.50 bits per heavy atom. The van der Waals surface area contributed by atoms with Gasteiger partial charge in [0.15, 0.2) is 0 Å². The fourth-order valence-electron chi connectivity index (χ4n) is 2.70. The zero-order chi connectivity index (χ0) is 17.9. The highest BCUT2D eigenvalue weighted by atomic mass is 19.1. The molecule has 9 heteroatoms. The first-order valence-electron chi connectivity index (χ1n) is 7.47. The van der Waals surface area contributed by atoms with Crippen LogP contribution >= 0.6 is 0 Å². The molecule has 2 unspecified atom stereocenters. The summed E-state index contributed by atoms with van der Waals surface area (Å²) in [5, 5.41) is 22.3. The van der Waals surface area contributed by atoms with Gasteiger partial charge >= 0.3 is 5.97 Å². The van der Waals surface area contributed by atoms with Crippen LogP contribution in [0.2, 0.25) is 0 Å². The molecular formula is C15H21FN4O4. The summed E-state index contributed by atoms with van der Waals surface area (Å²) in [4.78, 5) is 22.8. The molecule has 1 aliphatic heterocycles. The molecular weight excluding hydrogens is 319 g/mol. The number of hydrogen-bond acceptors (Lipinski definition) is 6. The van der Waals surface area contributed by atoms with Crippen molar-refractivity contribution in [1.29, 1.82) is 0 Å². The largest absolute Gasteiger partial charge is 0.480 e. The lowest BCUT2D eigenvalue weighted by Gasteiger charge is -2.22. The van der Waals surface area contributed by atoms with Gasteiger partial charge in [0.2, 0.25) is 0 Å². The van der Waals surface area contributed by atoms with Gasteiger partial charge in [0.05, 0.1) is 12.6 Å². The van der Waals surface area contributed by atoms with Crippen molar-refractivity contribution in [1.82, 2.24) is 15.8 Å². The molecule has 1 aliphatic rings. The summed E-state index contributed by atoms with van der Waals surface area (Å²) in [6.07, 6.45) is 0. The number of carboxylic acids is 1. The third kappa shape index (κ3) is 4.06. The molecule has 1 amide bonds. The average molecular weight is 340 g/mol. The van der Waals surface area contributed by atoms with E-state index in [4.69, 9.17) is 10.8 Å². The van der Waals surface area contributed by atoms with E-state index in [1.54, 1.807) is 18.1 Å². The number of nitrogens with zero attached hydrogens (tertiary/aromatic N) is 1. The predicted molar refractivity (Wildman–Crippen MR) is 83.7 cm³/mol. The summed E-state index contributed by atoms with van der Waals surface area (Å²) in [5.41, 5.74) is 9.04. The van der Waals surface area contributed by atoms with Crippen LogP contribution in [0.15, 0.2) is 18.2 Å². The Kier molecular flexibility index (Phi) is 5.84. The number of halogens is 1. The molecule has 0 radical (unpaired) electrons. The van der Waals surface area contributed by atoms with E-state index in [1.165, 1.54) is 6.07 Å². The molecule has 1 heterocycles. The summed E-state index contributed by atoms with van der Waals surface area (Å²) in [6.45, 7) is 0.142. The number of hydrogen-bond donors (Lipinski definition) is 5. The van der Waals surface area contributed by atoms with Gasteiger partial charge in [-0.3, -0.25) is 15.0 Å². The molecule has 1 aromatic rings. The van der Waals surface area contributed by atoms with Crippen LogP contribution in [0.4, 0.5) is 4.39 Å². The summed E-state index contributed by atoms with van der Waals surface area (Å²) >= 11 is 0. The maximum atomic E-state index is 13.9. The molecule has 0 aromatic heterocycles. The van der Waals surface area contributed by atoms with Crippen molar-refractivity contribution in [3.05, 3.63) is 35.1 Å². The van der Waals surface area contributed by atoms with Crippen LogP contribution in [0.5, 0.6) is 0 Å². The SMILES string of the molecule is CN1NCC(c2cc(F)cc(C(=O)NC[C@@H](N)C(=O)O)c2)C1CO. The van der Waals surface area contributed by atoms with E-state index in [1.807, 2.05) is 0 Å². The highest BCUT2D eigenvalue weighted by Gasteiger charge is 2.33. The summed E-state index contributed by atoms with van der Waals surface area (Å²) in [7, 11) is 1.78. The Bertz CT molecular complexity index is 627. The lowest BCUT2D eigenvalue weighted by Crippen LogP contribution is -2.42. The van der Waals surface area contributed by atoms with E-state index in [-0.39, 0.29) is 30.7 Å². The van der Waals surface area contributed by atoms with Crippen LogP contribution < -0.4 is 16.5 Å². The van der Waals surface area contributed by atoms with E-state index in [9.17, 15) is 19.1 Å². The maximum Gasteiger partial charge on any atom is 0.322 e. The Labute approximate surface area is 138 Å². The standard InChI is InChI=1S/C15H21FN4O4/c1-20-13(7-21)11(5-19-20)8-2-9(4-10(16)3-8)14(22)18-6-12(17)15(23)24/h2-4,11-13,19,21H,5-7,17H2,1H3,(H,18,22)(H,23,24)/t11?,12-,13?/m1/s1. The van der Waals surface area contributed by atoms with Gasteiger partial charge < -0.3 is 21.3 Å². The van der Waals surface area contributed by atoms with Gasteiger partial charge in [0.25, 0.3) is 5.91 Å². The number of carbonyl (C=O) groups excluding carboxylic acids is 1. The van der Waals surface area contributed by atoms with Crippen LogP contribution in [0.25, 0.3) is 0 Å². The average Bonchev–Trinajstić information content (AvgIpc) is 2.92. The zero-order valence-corrected chi connectivity index (χ0v) is 13.2. The number of nitrogens with one attached hydrogen (secondary N) is 2. The number of benzene rings is 1. The first kappa shape index (κ1) is 18.3. The van der Waals surface area contributed by atoms with Gasteiger partial charge in [-0.15, -0.1) is 0 Å². The van der Waals surface area contributed by atoms with Gasteiger partial charge in [-0.05, 0) is 23.8 Å². The Hall–Kier alpha value is -2.07. The molecule has 8 nitrogen and oxygen atoms in total. The number of aliphatic hydroxyl groups excluding tert-OH is 1. The van der Waals surface area contributed by atoms with Crippen molar-refractivity contribution in [3.63, 3.8) is 0 Å². The smallest absolute Gasteiger partial charge is 0.322 e. The van der Waals surface area contributed by atoms with Crippen LogP contribution in [-0.4, -0.2) is 65.9 Å². The van der Waals surface area contributed by atoms with Gasteiger partial charge in [-0.2, -0.15) is 0 Å². The van der Waals surface area contributed by atoms with Gasteiger partial charge in [-0.25, -0.2) is 9.40 Å². The van der Waals surface area contributed by atoms with Crippen molar-refractivity contribution < 1.29 is 24.2 Å². The second-order valence-corrected chi connectivity index (χ2v) is 5.76. The maximum absolute atomic E-state index is 13.9. The van der Waals surface area contributed by atoms with E-state index in [2.05, 4.69) is 10.7 Å². The highest BCUT2D eigenvalue weighted by Crippen LogP contribution is 2.27. The van der Waals surface area contributed by atoms with E-state index in [0.717, 1.165) is 6.07 Å². The fraction of sp³-hybridized carbons (Fsp3) is 0.467. The lowest BCUT2D eigenvalue weighted by atomic mass is 9.91. The molecule has 132 valence electrons. The number of rotatable bonds is 6. The molecule has 0 aliphatic carbocycles. The first-order valence-corrected chi connectivity index (χ1v) is 7.47. The minimum atomic E-state index is -1.24. The Morgan fingerprint density at radius 2 is 2.21 bits per heavy atom. The summed E-state index contributed by atoms with van der Waals surface area (Å²) < 4.78 is 13.9. The lowest BCUT2D eigenvalue weighted by molar-refractivity contribution is -0.138. The molecule has 24 heavy (non-hydrogen) atoms. The number of nitrogens with two attached hydrogens (primary N) is 1. The number of hydrazine groups is 1. The zero-order valence-electron chi connectivity index (χ0n) is 13.2. The van der Waals surface area contributed by atoms with E-state index < -0.39 is 23.7 Å². The summed E-state index contributed by atoms with van der Waals surface area (Å²) in [6, 6.07) is 2.48. The third-order valence-corrected chi connectivity index (χ3v) is 4.12. The molecule has 0 spiro atoms. The molecule has 1 saturated heterocycles. The van der Waals surface area contributed by atoms with Gasteiger partial charge in [-0.1, -0.05) is 0 Å². The molecule has 0 saturated carbocycles. The van der Waals surface area contributed by atoms with Crippen molar-refractivity contribution in [2.75, 3.05) is 26.7 Å². The molecule has 3 atom stereocenters. The Morgan fingerprint density at radius 3 is 2.83 bits per heavy atom. The monoisotopic (exact) mass is 340 g/mol. The molecule has 1 fully saturated rings. The normalized spacial score (nSPS) is 22.3. The van der Waals surface area contributed by atoms with Crippen molar-refractivity contribution in [2.45, 2.75) is 18.0 Å². The number of amides is 1. The van der Waals surface area contributed by atoms with Crippen LogP contribution in [-0.2, 0) is 4.79 Å². The van der Waals surface area contributed by atoms with Crippen molar-refractivity contribution in [2.24, 2.45) is 5.73 Å². The Balaban J connectivity index is 2.16. The van der Waals surface area contributed by atoms with E-state index >= 15 is 0 Å². The first-order chi connectivity index (χ1) is 11.3. The molecule has 6 N–H and O–H groups in total. The topological polar surface area (TPSA) is 128 Å². The molecule has 0 bridgehead atoms. The number of aliphatic hydroxyl groups is 1. The minimum Gasteiger partial charge on any atom is -0.480 e. The second-order valence-electron chi connectivity index (χ2n) is 5.76. The van der Waals surface area contributed by atoms with Crippen LogP contribution in [0.1, 0.15) is 21.8 Å². The molecule has 1 aromatic carbocycles. The summed E-state index contributed by atoms with van der Waals surface area (Å²) in [5.74, 6) is -2.59. The van der Waals surface area contributed by atoms with Gasteiger partial charge in [0.1, 0.15) is 11.9 Å². The predicted octanol–water partition coefficient (Wildman–Crippen LogP) is -1.14. The third-order valence-electron chi connectivity index (χ3n) is 4.12. The molecule has 2 rings (SSSR count). The fourth-order valence-corrected chi connectivity index (χ4v) is 2.70. The quantitative estimate of drug-likeness (QED) is 0.443. The minimum absolute atomic E-state index is 0.0776.